The van der Waals surface area contributed by atoms with E-state index < -0.39 is 23.2 Å². The second kappa shape index (κ2) is 7.79. The molecule has 4 nitrogen and oxygen atoms in total. The number of carbonyl (C=O) groups excluding carboxylic acids is 2. The molecule has 4 atom stereocenters. The molecule has 2 aromatic rings. The van der Waals surface area contributed by atoms with Crippen LogP contribution in [0.5, 0.6) is 0 Å². The fourth-order valence-corrected chi connectivity index (χ4v) is 7.16. The van der Waals surface area contributed by atoms with E-state index in [9.17, 15) is 9.59 Å². The zero-order chi connectivity index (χ0) is 22.9. The van der Waals surface area contributed by atoms with Gasteiger partial charge in [0.05, 0.1) is 5.02 Å². The number of likely N-dealkylation sites (tertiary alicyclic amines) is 1. The number of nitrogens with one attached hydrogen (secondary N) is 1. The molecule has 2 aliphatic heterocycles. The van der Waals surface area contributed by atoms with E-state index in [2.05, 4.69) is 10.2 Å². The minimum absolute atomic E-state index is 0.00892. The van der Waals surface area contributed by atoms with E-state index >= 15 is 4.39 Å². The summed E-state index contributed by atoms with van der Waals surface area (Å²) in [6.45, 7) is 0.725. The summed E-state index contributed by atoms with van der Waals surface area (Å²) in [4.78, 5) is 29.7. The highest BCUT2D eigenvalue weighted by Crippen LogP contribution is 2.62. The van der Waals surface area contributed by atoms with Crippen LogP contribution in [0.4, 0.5) is 10.1 Å². The predicted octanol–water partition coefficient (Wildman–Crippen LogP) is 5.92. The smallest absolute Gasteiger partial charge is 0.250 e. The monoisotopic (exact) mass is 486 g/mol. The van der Waals surface area contributed by atoms with Gasteiger partial charge in [0.1, 0.15) is 17.1 Å². The van der Waals surface area contributed by atoms with E-state index in [1.807, 2.05) is 6.07 Å². The Balaban J connectivity index is 1.64. The Morgan fingerprint density at radius 2 is 1.91 bits per heavy atom. The van der Waals surface area contributed by atoms with E-state index in [0.717, 1.165) is 37.8 Å². The van der Waals surface area contributed by atoms with Crippen molar-refractivity contribution in [1.82, 2.24) is 4.90 Å². The van der Waals surface area contributed by atoms with Crippen LogP contribution in [0.15, 0.2) is 36.4 Å². The lowest BCUT2D eigenvalue weighted by Crippen LogP contribution is -2.54. The Morgan fingerprint density at radius 1 is 1.09 bits per heavy atom. The molecular formula is C26H25Cl2FN2O2. The van der Waals surface area contributed by atoms with Crippen molar-refractivity contribution in [3.05, 3.63) is 63.4 Å². The summed E-state index contributed by atoms with van der Waals surface area (Å²) < 4.78 is 15.6. The van der Waals surface area contributed by atoms with Gasteiger partial charge < -0.3 is 5.32 Å². The Kier molecular flexibility index (Phi) is 5.09. The summed E-state index contributed by atoms with van der Waals surface area (Å²) in [5, 5.41) is 3.57. The fraction of sp³-hybridized carbons (Fsp3) is 0.462. The van der Waals surface area contributed by atoms with E-state index in [-0.39, 0.29) is 22.8 Å². The van der Waals surface area contributed by atoms with Gasteiger partial charge in [0, 0.05) is 47.1 Å². The van der Waals surface area contributed by atoms with Gasteiger partial charge in [0.25, 0.3) is 0 Å². The van der Waals surface area contributed by atoms with Crippen molar-refractivity contribution < 1.29 is 14.0 Å². The topological polar surface area (TPSA) is 49.4 Å². The minimum atomic E-state index is -1.17. The molecule has 0 bridgehead atoms. The highest BCUT2D eigenvalue weighted by atomic mass is 35.5. The Labute approximate surface area is 202 Å². The number of benzene rings is 2. The van der Waals surface area contributed by atoms with Crippen molar-refractivity contribution in [3.63, 3.8) is 0 Å². The summed E-state index contributed by atoms with van der Waals surface area (Å²) >= 11 is 12.5. The zero-order valence-electron chi connectivity index (χ0n) is 18.1. The lowest BCUT2D eigenvalue weighted by molar-refractivity contribution is -0.128. The summed E-state index contributed by atoms with van der Waals surface area (Å²) in [5.41, 5.74) is 0.602. The molecule has 2 heterocycles. The van der Waals surface area contributed by atoms with Gasteiger partial charge in [-0.15, -0.1) is 0 Å². The molecule has 1 amide bonds. The van der Waals surface area contributed by atoms with Crippen LogP contribution in [-0.2, 0) is 15.1 Å². The molecule has 2 saturated carbocycles. The first-order chi connectivity index (χ1) is 15.9. The van der Waals surface area contributed by atoms with Gasteiger partial charge in [0.2, 0.25) is 5.91 Å². The van der Waals surface area contributed by atoms with Crippen LogP contribution in [0.3, 0.4) is 0 Å². The summed E-state index contributed by atoms with van der Waals surface area (Å²) in [6, 6.07) is 10.2. The molecule has 1 saturated heterocycles. The van der Waals surface area contributed by atoms with Crippen LogP contribution in [0.1, 0.15) is 55.6 Å². The maximum Gasteiger partial charge on any atom is 0.250 e. The van der Waals surface area contributed by atoms with Crippen molar-refractivity contribution in [2.75, 3.05) is 11.9 Å². The molecule has 3 fully saturated rings. The largest absolute Gasteiger partial charge is 0.324 e. The molecule has 1 spiro atoms. The molecule has 4 aliphatic rings. The van der Waals surface area contributed by atoms with Crippen LogP contribution < -0.4 is 5.32 Å². The number of hydrogen-bond donors (Lipinski definition) is 1. The SMILES string of the molecule is O=C1CCC[C@H]2[C@@H]1[C@H](c1cccc(Cl)c1F)[C@]1(C(=O)Nc3cc(Cl)ccc31)N2CC1CCC1. The third-order valence-corrected chi connectivity index (χ3v) is 8.88. The number of ketones is 1. The van der Waals surface area contributed by atoms with Crippen LogP contribution >= 0.6 is 23.2 Å². The maximum atomic E-state index is 15.6. The van der Waals surface area contributed by atoms with Crippen molar-refractivity contribution in [2.24, 2.45) is 11.8 Å². The molecular weight excluding hydrogens is 462 g/mol. The van der Waals surface area contributed by atoms with Crippen LogP contribution in [0, 0.1) is 17.7 Å². The molecule has 2 aliphatic carbocycles. The molecule has 0 unspecified atom stereocenters. The van der Waals surface area contributed by atoms with E-state index in [1.165, 1.54) is 12.5 Å². The number of carbonyl (C=O) groups is 2. The standard InChI is InChI=1S/C26H25Cl2FN2O2/c27-15-10-11-17-19(12-15)30-25(33)26(17)23(16-6-2-7-18(28)24(16)29)22-20(8-3-9-21(22)32)31(26)13-14-4-1-5-14/h2,6-7,10-12,14,20,22-23H,1,3-5,8-9,13H2,(H,30,33)/t20-,22-,23-,26+/m0/s1. The number of anilines is 1. The van der Waals surface area contributed by atoms with Gasteiger partial charge in [-0.2, -0.15) is 0 Å². The van der Waals surface area contributed by atoms with Gasteiger partial charge in [0.15, 0.2) is 0 Å². The second-order valence-electron chi connectivity index (χ2n) is 9.93. The van der Waals surface area contributed by atoms with Crippen molar-refractivity contribution in [3.8, 4) is 0 Å². The second-order valence-corrected chi connectivity index (χ2v) is 10.8. The highest BCUT2D eigenvalue weighted by Gasteiger charge is 2.68. The minimum Gasteiger partial charge on any atom is -0.324 e. The van der Waals surface area contributed by atoms with Gasteiger partial charge in [-0.3, -0.25) is 14.5 Å². The number of halogens is 3. The number of hydrogen-bond acceptors (Lipinski definition) is 3. The predicted molar refractivity (Wildman–Crippen MR) is 126 cm³/mol. The van der Waals surface area contributed by atoms with Gasteiger partial charge in [-0.05, 0) is 55.4 Å². The normalized spacial score (nSPS) is 31.4. The van der Waals surface area contributed by atoms with Crippen molar-refractivity contribution in [1.29, 1.82) is 0 Å². The average molecular weight is 487 g/mol. The van der Waals surface area contributed by atoms with E-state index in [1.54, 1.807) is 24.3 Å². The van der Waals surface area contributed by atoms with E-state index in [0.29, 0.717) is 28.6 Å². The Bertz CT molecular complexity index is 1170. The van der Waals surface area contributed by atoms with Gasteiger partial charge >= 0.3 is 0 Å². The van der Waals surface area contributed by atoms with Crippen LogP contribution in [0.25, 0.3) is 0 Å². The number of rotatable bonds is 3. The quantitative estimate of drug-likeness (QED) is 0.585. The number of nitrogens with zero attached hydrogens (tertiary/aromatic N) is 1. The number of Topliss-reactive ketones (excluding diaryl/α,β-unsaturated/α-hetero) is 1. The lowest BCUT2D eigenvalue weighted by Gasteiger charge is -2.43. The molecule has 0 aromatic heterocycles. The fourth-order valence-electron chi connectivity index (χ4n) is 6.80. The zero-order valence-corrected chi connectivity index (χ0v) is 19.6. The summed E-state index contributed by atoms with van der Waals surface area (Å²) in [5.74, 6) is -1.27. The lowest BCUT2D eigenvalue weighted by atomic mass is 9.68. The first kappa shape index (κ1) is 21.6. The average Bonchev–Trinajstić information content (AvgIpc) is 3.20. The first-order valence-electron chi connectivity index (χ1n) is 11.8. The maximum absolute atomic E-state index is 15.6. The summed E-state index contributed by atoms with van der Waals surface area (Å²) in [6.07, 6.45) is 5.48. The molecule has 1 N–H and O–H groups in total. The number of amides is 1. The summed E-state index contributed by atoms with van der Waals surface area (Å²) in [7, 11) is 0. The Hall–Kier alpha value is -1.95. The first-order valence-corrected chi connectivity index (χ1v) is 12.5. The molecule has 6 rings (SSSR count). The van der Waals surface area contributed by atoms with Gasteiger partial charge in [-0.25, -0.2) is 4.39 Å². The third kappa shape index (κ3) is 2.98. The van der Waals surface area contributed by atoms with Crippen LogP contribution in [-0.4, -0.2) is 29.2 Å². The molecule has 7 heteroatoms. The molecule has 172 valence electrons. The van der Waals surface area contributed by atoms with Crippen molar-refractivity contribution >= 4 is 40.6 Å². The third-order valence-electron chi connectivity index (χ3n) is 8.35. The highest BCUT2D eigenvalue weighted by molar-refractivity contribution is 6.31. The molecule has 0 radical (unpaired) electrons. The van der Waals surface area contributed by atoms with E-state index in [4.69, 9.17) is 23.2 Å². The number of fused-ring (bicyclic) bond motifs is 3. The van der Waals surface area contributed by atoms with Gasteiger partial charge in [-0.1, -0.05) is 47.8 Å². The molecule has 33 heavy (non-hydrogen) atoms. The van der Waals surface area contributed by atoms with Crippen LogP contribution in [0.2, 0.25) is 10.0 Å². The molecule has 2 aromatic carbocycles. The van der Waals surface area contributed by atoms with Crippen molar-refractivity contribution in [2.45, 2.75) is 56.0 Å². The Morgan fingerprint density at radius 3 is 2.67 bits per heavy atom.